The Balaban J connectivity index is 1.91. The van der Waals surface area contributed by atoms with Crippen LogP contribution in [0.5, 0.6) is 0 Å². The van der Waals surface area contributed by atoms with Crippen molar-refractivity contribution in [2.45, 2.75) is 33.1 Å². The lowest BCUT2D eigenvalue weighted by atomic mass is 10.0. The van der Waals surface area contributed by atoms with Crippen molar-refractivity contribution >= 4 is 17.7 Å². The van der Waals surface area contributed by atoms with E-state index in [0.29, 0.717) is 25.4 Å². The van der Waals surface area contributed by atoms with Crippen molar-refractivity contribution in [3.8, 4) is 0 Å². The zero-order chi connectivity index (χ0) is 15.4. The van der Waals surface area contributed by atoms with Crippen LogP contribution in [-0.4, -0.2) is 35.1 Å². The van der Waals surface area contributed by atoms with E-state index >= 15 is 0 Å². The van der Waals surface area contributed by atoms with Gasteiger partial charge >= 0.3 is 12.0 Å². The highest BCUT2D eigenvalue weighted by molar-refractivity contribution is 5.91. The van der Waals surface area contributed by atoms with Crippen LogP contribution in [0.3, 0.4) is 0 Å². The fourth-order valence-electron chi connectivity index (χ4n) is 2.78. The molecule has 0 bridgehead atoms. The minimum Gasteiger partial charge on any atom is -0.481 e. The first-order chi connectivity index (χ1) is 9.97. The molecule has 2 amide bonds. The summed E-state index contributed by atoms with van der Waals surface area (Å²) in [5.74, 6) is -0.474. The summed E-state index contributed by atoms with van der Waals surface area (Å²) in [6, 6.07) is 5.83. The summed E-state index contributed by atoms with van der Waals surface area (Å²) in [5.41, 5.74) is 2.96. The molecule has 1 atom stereocenters. The van der Waals surface area contributed by atoms with Gasteiger partial charge in [0.15, 0.2) is 0 Å². The van der Waals surface area contributed by atoms with E-state index in [1.54, 1.807) is 4.90 Å². The minimum atomic E-state index is -0.770. The number of hydrogen-bond acceptors (Lipinski definition) is 2. The van der Waals surface area contributed by atoms with Gasteiger partial charge in [-0.15, -0.1) is 0 Å². The molecule has 0 aromatic heterocycles. The topological polar surface area (TPSA) is 69.6 Å². The maximum atomic E-state index is 12.3. The SMILES string of the molecule is Cc1cccc(C)c1NC(=O)N1CCC(CCC(=O)O)C1. The molecular formula is C16H22N2O3. The van der Waals surface area contributed by atoms with E-state index in [4.69, 9.17) is 5.11 Å². The molecule has 1 unspecified atom stereocenters. The van der Waals surface area contributed by atoms with Crippen LogP contribution in [-0.2, 0) is 4.79 Å². The van der Waals surface area contributed by atoms with Crippen LogP contribution in [0.4, 0.5) is 10.5 Å². The van der Waals surface area contributed by atoms with Gasteiger partial charge in [-0.25, -0.2) is 4.79 Å². The fraction of sp³-hybridized carbons (Fsp3) is 0.500. The molecule has 0 radical (unpaired) electrons. The zero-order valence-corrected chi connectivity index (χ0v) is 12.6. The van der Waals surface area contributed by atoms with Crippen LogP contribution in [0.15, 0.2) is 18.2 Å². The van der Waals surface area contributed by atoms with Crippen LogP contribution >= 0.6 is 0 Å². The molecule has 0 spiro atoms. The number of benzene rings is 1. The predicted octanol–water partition coefficient (Wildman–Crippen LogP) is 3.02. The Hall–Kier alpha value is -2.04. The summed E-state index contributed by atoms with van der Waals surface area (Å²) in [4.78, 5) is 24.7. The van der Waals surface area contributed by atoms with Crippen LogP contribution in [0.2, 0.25) is 0 Å². The average Bonchev–Trinajstić information content (AvgIpc) is 2.89. The number of carbonyl (C=O) groups excluding carboxylic acids is 1. The lowest BCUT2D eigenvalue weighted by Crippen LogP contribution is -2.33. The van der Waals surface area contributed by atoms with E-state index in [1.165, 1.54) is 0 Å². The Kier molecular flexibility index (Phi) is 4.83. The Bertz CT molecular complexity index is 522. The summed E-state index contributed by atoms with van der Waals surface area (Å²) in [6.45, 7) is 5.29. The molecule has 1 aliphatic heterocycles. The van der Waals surface area contributed by atoms with Crippen molar-refractivity contribution in [2.75, 3.05) is 18.4 Å². The third-order valence-corrected chi connectivity index (χ3v) is 4.05. The second-order valence-corrected chi connectivity index (χ2v) is 5.73. The van der Waals surface area contributed by atoms with Crippen LogP contribution < -0.4 is 5.32 Å². The Morgan fingerprint density at radius 2 is 2.00 bits per heavy atom. The number of anilines is 1. The van der Waals surface area contributed by atoms with Crippen molar-refractivity contribution in [2.24, 2.45) is 5.92 Å². The van der Waals surface area contributed by atoms with Crippen molar-refractivity contribution < 1.29 is 14.7 Å². The normalized spacial score (nSPS) is 17.8. The Morgan fingerprint density at radius 1 is 1.33 bits per heavy atom. The lowest BCUT2D eigenvalue weighted by Gasteiger charge is -2.19. The van der Waals surface area contributed by atoms with E-state index in [0.717, 1.165) is 23.2 Å². The van der Waals surface area contributed by atoms with Gasteiger partial charge in [-0.05, 0) is 43.7 Å². The van der Waals surface area contributed by atoms with Crippen LogP contribution in [0.25, 0.3) is 0 Å². The standard InChI is InChI=1S/C16H22N2O3/c1-11-4-3-5-12(2)15(11)17-16(21)18-9-8-13(10-18)6-7-14(19)20/h3-5,13H,6-10H2,1-2H3,(H,17,21)(H,19,20). The number of aliphatic carboxylic acids is 1. The molecule has 5 heteroatoms. The molecule has 0 aliphatic carbocycles. The summed E-state index contributed by atoms with van der Waals surface area (Å²) in [6.07, 6.45) is 1.70. The van der Waals surface area contributed by atoms with E-state index in [-0.39, 0.29) is 12.5 Å². The number of rotatable bonds is 4. The van der Waals surface area contributed by atoms with Crippen LogP contribution in [0.1, 0.15) is 30.4 Å². The van der Waals surface area contributed by atoms with E-state index in [2.05, 4.69) is 5.32 Å². The number of para-hydroxylation sites is 1. The summed E-state index contributed by atoms with van der Waals surface area (Å²) in [7, 11) is 0. The average molecular weight is 290 g/mol. The number of carboxylic acid groups (broad SMARTS) is 1. The molecule has 0 saturated carbocycles. The van der Waals surface area contributed by atoms with Gasteiger partial charge in [0.2, 0.25) is 0 Å². The second-order valence-electron chi connectivity index (χ2n) is 5.73. The number of amides is 2. The number of likely N-dealkylation sites (tertiary alicyclic amines) is 1. The van der Waals surface area contributed by atoms with Gasteiger partial charge in [-0.1, -0.05) is 18.2 Å². The number of aryl methyl sites for hydroxylation is 2. The molecule has 5 nitrogen and oxygen atoms in total. The summed E-state index contributed by atoms with van der Waals surface area (Å²) < 4.78 is 0. The van der Waals surface area contributed by atoms with Crippen molar-refractivity contribution in [3.05, 3.63) is 29.3 Å². The Morgan fingerprint density at radius 3 is 2.62 bits per heavy atom. The molecule has 1 fully saturated rings. The van der Waals surface area contributed by atoms with E-state index < -0.39 is 5.97 Å². The maximum absolute atomic E-state index is 12.3. The lowest BCUT2D eigenvalue weighted by molar-refractivity contribution is -0.137. The number of nitrogens with zero attached hydrogens (tertiary/aromatic N) is 1. The molecular weight excluding hydrogens is 268 g/mol. The second kappa shape index (κ2) is 6.61. The molecule has 2 N–H and O–H groups in total. The van der Waals surface area contributed by atoms with Crippen LogP contribution in [0, 0.1) is 19.8 Å². The highest BCUT2D eigenvalue weighted by atomic mass is 16.4. The summed E-state index contributed by atoms with van der Waals surface area (Å²) in [5, 5.41) is 11.7. The van der Waals surface area contributed by atoms with Crippen molar-refractivity contribution in [1.29, 1.82) is 0 Å². The molecule has 1 aromatic rings. The van der Waals surface area contributed by atoms with Gasteiger partial charge in [0, 0.05) is 25.2 Å². The minimum absolute atomic E-state index is 0.0924. The van der Waals surface area contributed by atoms with Gasteiger partial charge in [0.05, 0.1) is 0 Å². The first-order valence-electron chi connectivity index (χ1n) is 7.31. The molecule has 1 aromatic carbocycles. The van der Waals surface area contributed by atoms with Gasteiger partial charge in [-0.2, -0.15) is 0 Å². The highest BCUT2D eigenvalue weighted by Gasteiger charge is 2.26. The van der Waals surface area contributed by atoms with Gasteiger partial charge in [-0.3, -0.25) is 4.79 Å². The predicted molar refractivity (Wildman–Crippen MR) is 81.5 cm³/mol. The van der Waals surface area contributed by atoms with Gasteiger partial charge < -0.3 is 15.3 Å². The summed E-state index contributed by atoms with van der Waals surface area (Å²) >= 11 is 0. The molecule has 1 heterocycles. The van der Waals surface area contributed by atoms with E-state index in [1.807, 2.05) is 32.0 Å². The molecule has 2 rings (SSSR count). The monoisotopic (exact) mass is 290 g/mol. The van der Waals surface area contributed by atoms with Crippen molar-refractivity contribution in [1.82, 2.24) is 4.90 Å². The fourth-order valence-corrected chi connectivity index (χ4v) is 2.78. The van der Waals surface area contributed by atoms with Gasteiger partial charge in [0.25, 0.3) is 0 Å². The first-order valence-corrected chi connectivity index (χ1v) is 7.31. The largest absolute Gasteiger partial charge is 0.481 e. The number of carboxylic acids is 1. The maximum Gasteiger partial charge on any atom is 0.321 e. The number of urea groups is 1. The van der Waals surface area contributed by atoms with Crippen molar-refractivity contribution in [3.63, 3.8) is 0 Å². The molecule has 1 aliphatic rings. The third kappa shape index (κ3) is 3.97. The quantitative estimate of drug-likeness (QED) is 0.895. The van der Waals surface area contributed by atoms with Gasteiger partial charge in [0.1, 0.15) is 0 Å². The van der Waals surface area contributed by atoms with E-state index in [9.17, 15) is 9.59 Å². The molecule has 1 saturated heterocycles. The Labute approximate surface area is 125 Å². The molecule has 114 valence electrons. The first kappa shape index (κ1) is 15.4. The molecule has 21 heavy (non-hydrogen) atoms. The zero-order valence-electron chi connectivity index (χ0n) is 12.6. The third-order valence-electron chi connectivity index (χ3n) is 4.05. The smallest absolute Gasteiger partial charge is 0.321 e. The number of nitrogens with one attached hydrogen (secondary N) is 1. The number of carbonyl (C=O) groups is 2. The highest BCUT2D eigenvalue weighted by Crippen LogP contribution is 2.24. The number of hydrogen-bond donors (Lipinski definition) is 2.